The molecule has 0 aliphatic carbocycles. The monoisotopic (exact) mass is 478 g/mol. The summed E-state index contributed by atoms with van der Waals surface area (Å²) in [5, 5.41) is 0.670. The normalized spacial score (nSPS) is 11.1. The average molecular weight is 479 g/mol. The van der Waals surface area contributed by atoms with E-state index in [0.29, 0.717) is 45.6 Å². The summed E-state index contributed by atoms with van der Waals surface area (Å²) in [4.78, 5) is 22.7. The Bertz CT molecular complexity index is 1460. The molecule has 0 aliphatic heterocycles. The summed E-state index contributed by atoms with van der Waals surface area (Å²) in [6.45, 7) is 1.13. The lowest BCUT2D eigenvalue weighted by Crippen LogP contribution is -2.17. The van der Waals surface area contributed by atoms with Gasteiger partial charge in [0.05, 0.1) is 31.2 Å². The third kappa shape index (κ3) is 4.35. The predicted octanol–water partition coefficient (Wildman–Crippen LogP) is 5.05. The van der Waals surface area contributed by atoms with Gasteiger partial charge in [0.25, 0.3) is 5.56 Å². The van der Waals surface area contributed by atoms with Crippen molar-refractivity contribution in [3.63, 3.8) is 0 Å². The number of hydrogen-bond acceptors (Lipinski definition) is 6. The van der Waals surface area contributed by atoms with Crippen LogP contribution >= 0.6 is 22.9 Å². The van der Waals surface area contributed by atoms with E-state index in [9.17, 15) is 4.79 Å². The second kappa shape index (κ2) is 9.09. The summed E-state index contributed by atoms with van der Waals surface area (Å²) in [6.07, 6.45) is 6.88. The van der Waals surface area contributed by atoms with Gasteiger partial charge in [0.1, 0.15) is 17.6 Å². The molecule has 5 aromatic rings. The van der Waals surface area contributed by atoms with Gasteiger partial charge in [-0.15, -0.1) is 11.3 Å². The van der Waals surface area contributed by atoms with E-state index in [1.165, 1.54) is 22.2 Å². The van der Waals surface area contributed by atoms with Gasteiger partial charge >= 0.3 is 0 Å². The maximum absolute atomic E-state index is 13.2. The minimum Gasteiger partial charge on any atom is -0.493 e. The number of halogens is 1. The molecular formula is C24H19ClN4O3S. The third-order valence-electron chi connectivity index (χ3n) is 5.16. The molecule has 0 fully saturated rings. The van der Waals surface area contributed by atoms with Crippen molar-refractivity contribution < 1.29 is 9.47 Å². The quantitative estimate of drug-likeness (QED) is 0.327. The fraction of sp³-hybridized carbons (Fsp3) is 0.125. The average Bonchev–Trinajstić information content (AvgIpc) is 3.51. The molecule has 166 valence electrons. The van der Waals surface area contributed by atoms with Crippen LogP contribution in [0.2, 0.25) is 5.02 Å². The molecule has 0 radical (unpaired) electrons. The molecule has 0 N–H and O–H groups in total. The summed E-state index contributed by atoms with van der Waals surface area (Å²) in [7, 11) is 1.57. The molecule has 7 nitrogen and oxygen atoms in total. The van der Waals surface area contributed by atoms with Crippen LogP contribution in [0, 0.1) is 0 Å². The van der Waals surface area contributed by atoms with Crippen molar-refractivity contribution in [1.29, 1.82) is 0 Å². The van der Waals surface area contributed by atoms with Crippen LogP contribution in [-0.4, -0.2) is 32.8 Å². The lowest BCUT2D eigenvalue weighted by Gasteiger charge is -2.13. The van der Waals surface area contributed by atoms with Crippen LogP contribution in [0.25, 0.3) is 26.3 Å². The number of imidazole rings is 1. The first-order chi connectivity index (χ1) is 16.1. The molecule has 0 amide bonds. The Labute approximate surface area is 198 Å². The van der Waals surface area contributed by atoms with E-state index in [1.54, 1.807) is 31.8 Å². The summed E-state index contributed by atoms with van der Waals surface area (Å²) in [5.41, 5.74) is 2.17. The second-order valence-corrected chi connectivity index (χ2v) is 8.72. The number of hydrogen-bond donors (Lipinski definition) is 0. The van der Waals surface area contributed by atoms with Gasteiger partial charge in [0, 0.05) is 28.4 Å². The Kier molecular flexibility index (Phi) is 5.85. The summed E-state index contributed by atoms with van der Waals surface area (Å²) < 4.78 is 15.4. The Balaban J connectivity index is 1.43. The number of aromatic nitrogens is 4. The van der Waals surface area contributed by atoms with Crippen LogP contribution in [0.4, 0.5) is 0 Å². The number of fused-ring (bicyclic) bond motifs is 1. The molecule has 0 atom stereocenters. The Morgan fingerprint density at radius 2 is 1.91 bits per heavy atom. The first kappa shape index (κ1) is 21.2. The van der Waals surface area contributed by atoms with E-state index in [0.717, 1.165) is 10.4 Å². The van der Waals surface area contributed by atoms with Crippen molar-refractivity contribution in [2.45, 2.75) is 6.54 Å². The SMILES string of the molecule is COc1cc(-n2cnc3cc(-c4ccc(Cl)cc4)sc3c2=O)ccc1OCCn1ccnc1. The standard InChI is InChI=1S/C24H19ClN4O3S/c1-31-21-12-18(6-7-20(21)32-11-10-28-9-8-26-14-28)29-15-27-19-13-22(33-23(19)24(29)30)16-2-4-17(25)5-3-16/h2-9,12-15H,10-11H2,1H3. The van der Waals surface area contributed by atoms with Gasteiger partial charge in [-0.2, -0.15) is 0 Å². The number of rotatable bonds is 7. The molecule has 0 bridgehead atoms. The minimum atomic E-state index is -0.138. The lowest BCUT2D eigenvalue weighted by atomic mass is 10.2. The van der Waals surface area contributed by atoms with Crippen molar-refractivity contribution in [3.05, 3.63) is 89.0 Å². The molecule has 0 saturated heterocycles. The zero-order chi connectivity index (χ0) is 22.8. The predicted molar refractivity (Wildman–Crippen MR) is 130 cm³/mol. The van der Waals surface area contributed by atoms with Gasteiger partial charge in [-0.25, -0.2) is 9.97 Å². The van der Waals surface area contributed by atoms with Gasteiger partial charge in [0.15, 0.2) is 11.5 Å². The summed E-state index contributed by atoms with van der Waals surface area (Å²) in [6, 6.07) is 14.8. The fourth-order valence-corrected chi connectivity index (χ4v) is 4.63. The van der Waals surface area contributed by atoms with Crippen molar-refractivity contribution in [1.82, 2.24) is 19.1 Å². The molecule has 0 aliphatic rings. The van der Waals surface area contributed by atoms with Gasteiger partial charge < -0.3 is 14.0 Å². The van der Waals surface area contributed by atoms with Crippen molar-refractivity contribution in [3.8, 4) is 27.6 Å². The van der Waals surface area contributed by atoms with E-state index >= 15 is 0 Å². The van der Waals surface area contributed by atoms with Crippen LogP contribution in [0.1, 0.15) is 0 Å². The largest absolute Gasteiger partial charge is 0.493 e. The van der Waals surface area contributed by atoms with E-state index in [1.807, 2.05) is 47.2 Å². The van der Waals surface area contributed by atoms with Crippen molar-refractivity contribution in [2.24, 2.45) is 0 Å². The van der Waals surface area contributed by atoms with Gasteiger partial charge in [-0.3, -0.25) is 9.36 Å². The molecule has 2 aromatic carbocycles. The van der Waals surface area contributed by atoms with E-state index in [4.69, 9.17) is 21.1 Å². The number of methoxy groups -OCH3 is 1. The van der Waals surface area contributed by atoms with E-state index in [2.05, 4.69) is 9.97 Å². The highest BCUT2D eigenvalue weighted by Gasteiger charge is 2.13. The van der Waals surface area contributed by atoms with E-state index < -0.39 is 0 Å². The van der Waals surface area contributed by atoms with Gasteiger partial charge in [-0.05, 0) is 35.9 Å². The Morgan fingerprint density at radius 1 is 1.06 bits per heavy atom. The smallest absolute Gasteiger partial charge is 0.275 e. The molecular weight excluding hydrogens is 460 g/mol. The zero-order valence-corrected chi connectivity index (χ0v) is 19.2. The topological polar surface area (TPSA) is 71.2 Å². The third-order valence-corrected chi connectivity index (χ3v) is 6.57. The first-order valence-electron chi connectivity index (χ1n) is 10.2. The van der Waals surface area contributed by atoms with Crippen molar-refractivity contribution in [2.75, 3.05) is 13.7 Å². The van der Waals surface area contributed by atoms with Crippen LogP contribution in [0.3, 0.4) is 0 Å². The minimum absolute atomic E-state index is 0.138. The highest BCUT2D eigenvalue weighted by atomic mass is 35.5. The molecule has 0 spiro atoms. The van der Waals surface area contributed by atoms with E-state index in [-0.39, 0.29) is 5.56 Å². The van der Waals surface area contributed by atoms with Crippen molar-refractivity contribution >= 4 is 33.2 Å². The maximum atomic E-state index is 13.2. The Hall–Kier alpha value is -3.62. The molecule has 0 unspecified atom stereocenters. The number of benzene rings is 2. The first-order valence-corrected chi connectivity index (χ1v) is 11.4. The highest BCUT2D eigenvalue weighted by molar-refractivity contribution is 7.22. The fourth-order valence-electron chi connectivity index (χ4n) is 3.46. The number of ether oxygens (including phenoxy) is 2. The molecule has 3 heterocycles. The summed E-state index contributed by atoms with van der Waals surface area (Å²) in [5.74, 6) is 1.14. The molecule has 3 aromatic heterocycles. The molecule has 33 heavy (non-hydrogen) atoms. The van der Waals surface area contributed by atoms with Crippen LogP contribution < -0.4 is 15.0 Å². The van der Waals surface area contributed by atoms with Gasteiger partial charge in [-0.1, -0.05) is 23.7 Å². The second-order valence-electron chi connectivity index (χ2n) is 7.24. The Morgan fingerprint density at radius 3 is 2.67 bits per heavy atom. The highest BCUT2D eigenvalue weighted by Crippen LogP contribution is 2.33. The lowest BCUT2D eigenvalue weighted by molar-refractivity contribution is 0.279. The molecule has 0 saturated carbocycles. The molecule has 9 heteroatoms. The summed E-state index contributed by atoms with van der Waals surface area (Å²) >= 11 is 7.41. The molecule has 5 rings (SSSR count). The zero-order valence-electron chi connectivity index (χ0n) is 17.6. The van der Waals surface area contributed by atoms with Crippen LogP contribution in [-0.2, 0) is 6.54 Å². The van der Waals surface area contributed by atoms with Crippen LogP contribution in [0.5, 0.6) is 11.5 Å². The number of nitrogens with zero attached hydrogens (tertiary/aromatic N) is 4. The number of thiophene rings is 1. The maximum Gasteiger partial charge on any atom is 0.275 e. The van der Waals surface area contributed by atoms with Crippen LogP contribution in [0.15, 0.2) is 78.4 Å². The van der Waals surface area contributed by atoms with Gasteiger partial charge in [0.2, 0.25) is 0 Å².